The minimum atomic E-state index is 0.0757. The van der Waals surface area contributed by atoms with Crippen LogP contribution < -0.4 is 5.73 Å². The van der Waals surface area contributed by atoms with Crippen molar-refractivity contribution in [3.05, 3.63) is 6.33 Å². The number of nitrogens with zero attached hydrogens (tertiary/aromatic N) is 4. The van der Waals surface area contributed by atoms with Gasteiger partial charge in [0.25, 0.3) is 0 Å². The van der Waals surface area contributed by atoms with E-state index in [9.17, 15) is 4.79 Å². The van der Waals surface area contributed by atoms with Gasteiger partial charge in [0, 0.05) is 13.1 Å². The summed E-state index contributed by atoms with van der Waals surface area (Å²) in [6.07, 6.45) is 8.74. The van der Waals surface area contributed by atoms with Crippen LogP contribution >= 0.6 is 0 Å². The van der Waals surface area contributed by atoms with Gasteiger partial charge >= 0.3 is 0 Å². The Hall–Kier alpha value is -1.59. The third-order valence-corrected chi connectivity index (χ3v) is 3.62. The molecule has 100 valence electrons. The van der Waals surface area contributed by atoms with Crippen molar-refractivity contribution in [1.29, 1.82) is 0 Å². The first kappa shape index (κ1) is 12.9. The van der Waals surface area contributed by atoms with Crippen LogP contribution in [0.1, 0.15) is 38.5 Å². The highest BCUT2D eigenvalue weighted by atomic mass is 16.2. The smallest absolute Gasteiger partial charge is 0.244 e. The highest BCUT2D eigenvalue weighted by Crippen LogP contribution is 2.21. The lowest BCUT2D eigenvalue weighted by Gasteiger charge is -2.27. The summed E-state index contributed by atoms with van der Waals surface area (Å²) >= 11 is 0. The summed E-state index contributed by atoms with van der Waals surface area (Å²) in [5, 5.41) is 3.93. The molecule has 0 spiro atoms. The van der Waals surface area contributed by atoms with Gasteiger partial charge in [-0.25, -0.2) is 9.67 Å². The van der Waals surface area contributed by atoms with Gasteiger partial charge in [-0.1, -0.05) is 25.7 Å². The van der Waals surface area contributed by atoms with Crippen molar-refractivity contribution in [2.75, 3.05) is 12.8 Å². The summed E-state index contributed by atoms with van der Waals surface area (Å²) in [6, 6.07) is 0.376. The second-order valence-electron chi connectivity index (χ2n) is 4.95. The predicted octanol–water partition coefficient (Wildman–Crippen LogP) is 1.04. The Kier molecular flexibility index (Phi) is 4.17. The van der Waals surface area contributed by atoms with Crippen LogP contribution in [0.25, 0.3) is 0 Å². The number of amides is 1. The van der Waals surface area contributed by atoms with E-state index in [1.54, 1.807) is 0 Å². The Balaban J connectivity index is 1.91. The normalized spacial score (nSPS) is 17.4. The second-order valence-corrected chi connectivity index (χ2v) is 4.95. The van der Waals surface area contributed by atoms with E-state index >= 15 is 0 Å². The van der Waals surface area contributed by atoms with Gasteiger partial charge in [0.15, 0.2) is 0 Å². The summed E-state index contributed by atoms with van der Waals surface area (Å²) < 4.78 is 1.49. The third kappa shape index (κ3) is 3.21. The average Bonchev–Trinajstić information content (AvgIpc) is 2.62. The summed E-state index contributed by atoms with van der Waals surface area (Å²) in [4.78, 5) is 17.8. The van der Waals surface area contributed by atoms with Crippen LogP contribution in [0.15, 0.2) is 6.33 Å². The van der Waals surface area contributed by atoms with Crippen molar-refractivity contribution in [2.24, 2.45) is 0 Å². The number of anilines is 1. The highest BCUT2D eigenvalue weighted by Gasteiger charge is 2.21. The fraction of sp³-hybridized carbons (Fsp3) is 0.750. The quantitative estimate of drug-likeness (QED) is 0.814. The number of carbonyl (C=O) groups excluding carboxylic acids is 1. The molecule has 0 unspecified atom stereocenters. The van der Waals surface area contributed by atoms with Crippen molar-refractivity contribution in [3.8, 4) is 0 Å². The fourth-order valence-electron chi connectivity index (χ4n) is 2.48. The van der Waals surface area contributed by atoms with E-state index < -0.39 is 0 Å². The molecule has 0 aromatic carbocycles. The van der Waals surface area contributed by atoms with Gasteiger partial charge in [-0.05, 0) is 12.8 Å². The highest BCUT2D eigenvalue weighted by molar-refractivity contribution is 5.75. The van der Waals surface area contributed by atoms with Crippen LogP contribution in [0, 0.1) is 0 Å². The van der Waals surface area contributed by atoms with Gasteiger partial charge in [-0.3, -0.25) is 4.79 Å². The molecule has 1 fully saturated rings. The maximum absolute atomic E-state index is 12.1. The zero-order valence-electron chi connectivity index (χ0n) is 10.9. The van der Waals surface area contributed by atoms with Gasteiger partial charge in [0.1, 0.15) is 12.9 Å². The average molecular weight is 251 g/mol. The molecule has 0 saturated heterocycles. The Bertz CT molecular complexity index is 395. The molecule has 1 aliphatic rings. The molecule has 0 atom stereocenters. The summed E-state index contributed by atoms with van der Waals surface area (Å²) in [7, 11) is 1.89. The number of aromatic nitrogens is 3. The molecule has 1 heterocycles. The topological polar surface area (TPSA) is 77.0 Å². The molecule has 18 heavy (non-hydrogen) atoms. The zero-order chi connectivity index (χ0) is 13.0. The van der Waals surface area contributed by atoms with E-state index in [2.05, 4.69) is 10.1 Å². The Morgan fingerprint density at radius 1 is 1.44 bits per heavy atom. The molecule has 6 heteroatoms. The zero-order valence-corrected chi connectivity index (χ0v) is 10.9. The standard InChI is InChI=1S/C12H21N5O/c1-16(10-6-4-2-3-5-7-10)11(18)8-17-9-14-12(13)15-17/h9-10H,2-8H2,1H3,(H2,13,15). The second kappa shape index (κ2) is 5.84. The van der Waals surface area contributed by atoms with Crippen LogP contribution in [0.5, 0.6) is 0 Å². The fourth-order valence-corrected chi connectivity index (χ4v) is 2.48. The SMILES string of the molecule is CN(C(=O)Cn1cnc(N)n1)C1CCCCCC1. The predicted molar refractivity (Wildman–Crippen MR) is 68.7 cm³/mol. The number of rotatable bonds is 3. The van der Waals surface area contributed by atoms with Crippen LogP contribution in [-0.4, -0.2) is 38.7 Å². The first-order valence-electron chi connectivity index (χ1n) is 6.57. The van der Waals surface area contributed by atoms with Crippen molar-refractivity contribution in [2.45, 2.75) is 51.1 Å². The summed E-state index contributed by atoms with van der Waals surface area (Å²) in [5.74, 6) is 0.284. The maximum atomic E-state index is 12.1. The Morgan fingerprint density at radius 2 is 2.11 bits per heavy atom. The lowest BCUT2D eigenvalue weighted by atomic mass is 10.1. The first-order valence-corrected chi connectivity index (χ1v) is 6.57. The van der Waals surface area contributed by atoms with E-state index in [1.165, 1.54) is 36.7 Å². The van der Waals surface area contributed by atoms with Crippen LogP contribution in [0.3, 0.4) is 0 Å². The third-order valence-electron chi connectivity index (χ3n) is 3.62. The van der Waals surface area contributed by atoms with E-state index in [0.29, 0.717) is 6.04 Å². The van der Waals surface area contributed by atoms with E-state index in [-0.39, 0.29) is 18.4 Å². The number of hydrogen-bond donors (Lipinski definition) is 1. The molecule has 6 nitrogen and oxygen atoms in total. The molecule has 0 radical (unpaired) electrons. The van der Waals surface area contributed by atoms with E-state index in [1.807, 2.05) is 11.9 Å². The molecule has 1 aromatic heterocycles. The minimum absolute atomic E-state index is 0.0757. The van der Waals surface area contributed by atoms with Gasteiger partial charge in [-0.15, -0.1) is 5.10 Å². The number of carbonyl (C=O) groups is 1. The van der Waals surface area contributed by atoms with Gasteiger partial charge in [0.05, 0.1) is 0 Å². The van der Waals surface area contributed by atoms with E-state index in [4.69, 9.17) is 5.73 Å². The van der Waals surface area contributed by atoms with Crippen LogP contribution in [0.4, 0.5) is 5.95 Å². The van der Waals surface area contributed by atoms with Crippen LogP contribution in [0.2, 0.25) is 0 Å². The van der Waals surface area contributed by atoms with Crippen molar-refractivity contribution in [1.82, 2.24) is 19.7 Å². The number of nitrogen functional groups attached to an aromatic ring is 1. The minimum Gasteiger partial charge on any atom is -0.367 e. The van der Waals surface area contributed by atoms with E-state index in [0.717, 1.165) is 12.8 Å². The molecular formula is C12H21N5O. The molecular weight excluding hydrogens is 230 g/mol. The lowest BCUT2D eigenvalue weighted by molar-refractivity contribution is -0.133. The summed E-state index contributed by atoms with van der Waals surface area (Å²) in [6.45, 7) is 0.219. The number of nitrogens with two attached hydrogens (primary N) is 1. The molecule has 2 rings (SSSR count). The van der Waals surface area contributed by atoms with Crippen molar-refractivity contribution < 1.29 is 4.79 Å². The Morgan fingerprint density at radius 3 is 2.67 bits per heavy atom. The molecule has 1 amide bonds. The van der Waals surface area contributed by atoms with Crippen LogP contribution in [-0.2, 0) is 11.3 Å². The van der Waals surface area contributed by atoms with Gasteiger partial charge in [0.2, 0.25) is 11.9 Å². The van der Waals surface area contributed by atoms with Gasteiger partial charge in [-0.2, -0.15) is 0 Å². The van der Waals surface area contributed by atoms with Gasteiger partial charge < -0.3 is 10.6 Å². The molecule has 1 saturated carbocycles. The summed E-state index contributed by atoms with van der Waals surface area (Å²) in [5.41, 5.74) is 5.43. The number of likely N-dealkylation sites (N-methyl/N-ethyl adjacent to an activating group) is 1. The monoisotopic (exact) mass is 251 g/mol. The molecule has 1 aliphatic carbocycles. The largest absolute Gasteiger partial charge is 0.367 e. The molecule has 1 aromatic rings. The first-order chi connectivity index (χ1) is 8.66. The Labute approximate surface area is 107 Å². The van der Waals surface area contributed by atoms with Crippen molar-refractivity contribution in [3.63, 3.8) is 0 Å². The van der Waals surface area contributed by atoms with Crippen molar-refractivity contribution >= 4 is 11.9 Å². The molecule has 0 aliphatic heterocycles. The maximum Gasteiger partial charge on any atom is 0.244 e. The molecule has 0 bridgehead atoms. The number of hydrogen-bond acceptors (Lipinski definition) is 4. The lowest BCUT2D eigenvalue weighted by Crippen LogP contribution is -2.38. The molecule has 2 N–H and O–H groups in total.